The van der Waals surface area contributed by atoms with Gasteiger partial charge in [0, 0.05) is 17.7 Å². The lowest BCUT2D eigenvalue weighted by atomic mass is 9.92. The number of methoxy groups -OCH3 is 2. The molecular weight excluding hydrogens is 805 g/mol. The Hall–Kier alpha value is -6.23. The molecule has 310 valence electrons. The second kappa shape index (κ2) is 22.2. The number of halogens is 2. The molecule has 0 radical (unpaired) electrons. The van der Waals surface area contributed by atoms with Gasteiger partial charge in [0.2, 0.25) is 23.5 Å². The van der Waals surface area contributed by atoms with E-state index >= 15 is 0 Å². The van der Waals surface area contributed by atoms with Crippen LogP contribution >= 0.6 is 23.2 Å². The van der Waals surface area contributed by atoms with E-state index in [0.29, 0.717) is 27.9 Å². The fourth-order valence-electron chi connectivity index (χ4n) is 6.74. The Labute approximate surface area is 359 Å². The smallest absolute Gasteiger partial charge is 0.373 e. The molecule has 2 N–H and O–H groups in total. The highest BCUT2D eigenvalue weighted by Gasteiger charge is 2.21. The number of aromatic nitrogens is 2. The minimum absolute atomic E-state index is 0.159. The molecule has 0 aliphatic rings. The van der Waals surface area contributed by atoms with Gasteiger partial charge in [-0.1, -0.05) is 120 Å². The zero-order chi connectivity index (χ0) is 43.0. The highest BCUT2D eigenvalue weighted by molar-refractivity contribution is 6.32. The van der Waals surface area contributed by atoms with E-state index in [1.54, 1.807) is 37.4 Å². The van der Waals surface area contributed by atoms with Crippen LogP contribution in [0.5, 0.6) is 23.5 Å². The molecule has 2 heterocycles. The van der Waals surface area contributed by atoms with Crippen LogP contribution in [0.25, 0.3) is 11.1 Å². The van der Waals surface area contributed by atoms with Gasteiger partial charge >= 0.3 is 12.1 Å². The first-order valence-electron chi connectivity index (χ1n) is 19.0. The van der Waals surface area contributed by atoms with Crippen molar-refractivity contribution in [2.45, 2.75) is 58.9 Å². The second-order valence-corrected chi connectivity index (χ2v) is 14.4. The number of nitrogens with one attached hydrogen (secondary N) is 1. The molecule has 0 aliphatic heterocycles. The number of benzene rings is 4. The largest absolute Gasteiger partial charge is 0.481 e. The van der Waals surface area contributed by atoms with Crippen molar-refractivity contribution < 1.29 is 38.4 Å². The molecule has 2 aromatic heterocycles. The number of ether oxygens (including phenoxy) is 4. The van der Waals surface area contributed by atoms with Crippen molar-refractivity contribution in [1.82, 2.24) is 15.3 Å². The number of nitrogens with zero attached hydrogens (tertiary/aromatic N) is 2. The number of carbonyl (C=O) groups excluding carboxylic acids is 2. The fraction of sp³-hybridized carbons (Fsp3) is 0.234. The number of pyridine rings is 2. The van der Waals surface area contributed by atoms with Crippen LogP contribution in [0.15, 0.2) is 109 Å². The lowest BCUT2D eigenvalue weighted by Gasteiger charge is -2.18. The molecule has 4 aromatic carbocycles. The molecule has 0 aliphatic carbocycles. The molecule has 11 nitrogen and oxygen atoms in total. The molecular formula is C47H45Cl2N3O8. The SMILES string of the molecule is COc1nc(OCc2cccc(-c3cccc(COc4nc(OC)c(CN[C@H](C(=O)O)c5ccccc5)cc4Cl)c3C)c2C)c(Cl)cc1CCCc1ccccc1.O=C=O. The number of aryl methyl sites for hydroxylation is 2. The summed E-state index contributed by atoms with van der Waals surface area (Å²) in [4.78, 5) is 37.4. The van der Waals surface area contributed by atoms with Crippen molar-refractivity contribution in [1.29, 1.82) is 0 Å². The van der Waals surface area contributed by atoms with Gasteiger partial charge in [-0.15, -0.1) is 0 Å². The molecule has 0 fully saturated rings. The molecule has 1 atom stereocenters. The second-order valence-electron chi connectivity index (χ2n) is 13.6. The molecule has 60 heavy (non-hydrogen) atoms. The molecule has 0 unspecified atom stereocenters. The summed E-state index contributed by atoms with van der Waals surface area (Å²) in [7, 11) is 3.11. The van der Waals surface area contributed by atoms with Gasteiger partial charge in [0.25, 0.3) is 0 Å². The van der Waals surface area contributed by atoms with Gasteiger partial charge in [-0.25, -0.2) is 0 Å². The Morgan fingerprint density at radius 2 is 1.15 bits per heavy atom. The van der Waals surface area contributed by atoms with Crippen LogP contribution in [0.4, 0.5) is 0 Å². The Balaban J connectivity index is 0.00000221. The quantitative estimate of drug-likeness (QED) is 0.0852. The van der Waals surface area contributed by atoms with Crippen molar-refractivity contribution >= 4 is 35.3 Å². The summed E-state index contributed by atoms with van der Waals surface area (Å²) >= 11 is 13.3. The van der Waals surface area contributed by atoms with Gasteiger partial charge < -0.3 is 24.1 Å². The van der Waals surface area contributed by atoms with Crippen molar-refractivity contribution in [2.75, 3.05) is 14.2 Å². The zero-order valence-electron chi connectivity index (χ0n) is 33.7. The number of carboxylic acid groups (broad SMARTS) is 1. The minimum atomic E-state index is -0.998. The van der Waals surface area contributed by atoms with E-state index in [9.17, 15) is 9.90 Å². The third-order valence-corrected chi connectivity index (χ3v) is 10.4. The normalized spacial score (nSPS) is 11.1. The summed E-state index contributed by atoms with van der Waals surface area (Å²) in [6.07, 6.45) is 2.92. The summed E-state index contributed by atoms with van der Waals surface area (Å²) < 4.78 is 23.5. The van der Waals surface area contributed by atoms with Crippen LogP contribution in [0.3, 0.4) is 0 Å². The Kier molecular flexibility index (Phi) is 16.6. The summed E-state index contributed by atoms with van der Waals surface area (Å²) in [5.74, 6) is 0.327. The van der Waals surface area contributed by atoms with Gasteiger partial charge in [0.15, 0.2) is 0 Å². The Morgan fingerprint density at radius 3 is 1.65 bits per heavy atom. The predicted molar refractivity (Wildman–Crippen MR) is 229 cm³/mol. The number of carbonyl (C=O) groups is 1. The van der Waals surface area contributed by atoms with E-state index in [-0.39, 0.29) is 42.7 Å². The summed E-state index contributed by atoms with van der Waals surface area (Å²) in [5.41, 5.74) is 9.63. The van der Waals surface area contributed by atoms with E-state index in [4.69, 9.17) is 51.7 Å². The number of carboxylic acids is 1. The van der Waals surface area contributed by atoms with Crippen molar-refractivity contribution in [3.63, 3.8) is 0 Å². The fourth-order valence-corrected chi connectivity index (χ4v) is 7.19. The van der Waals surface area contributed by atoms with Crippen LogP contribution in [0.2, 0.25) is 10.0 Å². The third kappa shape index (κ3) is 11.7. The number of aliphatic carboxylic acids is 1. The number of hydrogen-bond donors (Lipinski definition) is 2. The van der Waals surface area contributed by atoms with E-state index in [2.05, 4.69) is 65.5 Å². The Bertz CT molecular complexity index is 2410. The summed E-state index contributed by atoms with van der Waals surface area (Å²) in [5, 5.41) is 13.6. The van der Waals surface area contributed by atoms with Crippen LogP contribution in [0, 0.1) is 13.8 Å². The first kappa shape index (κ1) is 44.9. The van der Waals surface area contributed by atoms with Gasteiger partial charge in [-0.05, 0) is 89.8 Å². The van der Waals surface area contributed by atoms with Gasteiger partial charge in [-0.2, -0.15) is 19.6 Å². The van der Waals surface area contributed by atoms with Gasteiger partial charge in [-0.3, -0.25) is 10.1 Å². The number of hydrogen-bond acceptors (Lipinski definition) is 10. The lowest BCUT2D eigenvalue weighted by molar-refractivity contribution is -0.191. The molecule has 6 aromatic rings. The summed E-state index contributed by atoms with van der Waals surface area (Å²) in [6, 6.07) is 34.2. The standard InChI is InChI=1S/C46H45Cl2N3O6.CO2/c1-29-34(27-56-44-39(47)24-33(42(50-44)54-3)19-11-16-31-14-7-5-8-15-31)20-12-22-37(29)38-23-13-21-35(30(38)2)28-57-45-40(48)25-36(43(51-45)55-4)26-49-41(46(52)53)32-17-9-6-10-18-32;2-1-3/h5-10,12-15,17-18,20-25,41,49H,11,16,19,26-28H2,1-4H3,(H,52,53);/t41-;/m0./s1. The molecule has 0 saturated heterocycles. The van der Waals surface area contributed by atoms with Gasteiger partial charge in [0.1, 0.15) is 29.3 Å². The first-order chi connectivity index (χ1) is 29.1. The topological polar surface area (TPSA) is 146 Å². The van der Waals surface area contributed by atoms with Crippen LogP contribution in [0.1, 0.15) is 57.0 Å². The van der Waals surface area contributed by atoms with E-state index in [1.165, 1.54) is 12.7 Å². The maximum atomic E-state index is 12.0. The van der Waals surface area contributed by atoms with E-state index in [1.807, 2.05) is 42.5 Å². The van der Waals surface area contributed by atoms with E-state index < -0.39 is 12.0 Å². The average molecular weight is 851 g/mol. The van der Waals surface area contributed by atoms with Gasteiger partial charge in [0.05, 0.1) is 14.2 Å². The third-order valence-electron chi connectivity index (χ3n) is 9.89. The maximum absolute atomic E-state index is 12.0. The average Bonchev–Trinajstić information content (AvgIpc) is 3.25. The number of rotatable bonds is 18. The molecule has 0 amide bonds. The monoisotopic (exact) mass is 849 g/mol. The van der Waals surface area contributed by atoms with Crippen LogP contribution in [-0.4, -0.2) is 41.4 Å². The molecule has 0 bridgehead atoms. The van der Waals surface area contributed by atoms with Crippen molar-refractivity contribution in [3.05, 3.63) is 164 Å². The highest BCUT2D eigenvalue weighted by atomic mass is 35.5. The zero-order valence-corrected chi connectivity index (χ0v) is 35.2. The highest BCUT2D eigenvalue weighted by Crippen LogP contribution is 2.35. The van der Waals surface area contributed by atoms with Crippen molar-refractivity contribution in [3.8, 4) is 34.6 Å². The molecule has 0 spiro atoms. The van der Waals surface area contributed by atoms with Crippen LogP contribution < -0.4 is 24.3 Å². The van der Waals surface area contributed by atoms with Crippen LogP contribution in [-0.2, 0) is 47.0 Å². The molecule has 0 saturated carbocycles. The minimum Gasteiger partial charge on any atom is -0.481 e. The predicted octanol–water partition coefficient (Wildman–Crippen LogP) is 9.75. The molecule has 13 heteroatoms. The maximum Gasteiger partial charge on any atom is 0.373 e. The first-order valence-corrected chi connectivity index (χ1v) is 19.8. The summed E-state index contributed by atoms with van der Waals surface area (Å²) in [6.45, 7) is 4.77. The Morgan fingerprint density at radius 1 is 0.667 bits per heavy atom. The van der Waals surface area contributed by atoms with Crippen molar-refractivity contribution in [2.24, 2.45) is 0 Å². The van der Waals surface area contributed by atoms with E-state index in [0.717, 1.165) is 58.2 Å². The molecule has 6 rings (SSSR count). The lowest BCUT2D eigenvalue weighted by Crippen LogP contribution is -2.28.